The van der Waals surface area contributed by atoms with E-state index in [-0.39, 0.29) is 0 Å². The highest BCUT2D eigenvalue weighted by Crippen LogP contribution is 2.54. The summed E-state index contributed by atoms with van der Waals surface area (Å²) in [4.78, 5) is 2.52. The SMILES string of the molecule is C=C(NC1CCN(CCCCC2(C(=C)NCC(F)(F)F)c3ccccc3-c3ccccc32)CC1)c1cc(C)cc(C)c1C.CC.CC. The molecule has 0 amide bonds. The summed E-state index contributed by atoms with van der Waals surface area (Å²) in [5.74, 6) is 0. The van der Waals surface area contributed by atoms with Crippen LogP contribution in [0.5, 0.6) is 0 Å². The predicted octanol–water partition coefficient (Wildman–Crippen LogP) is 10.5. The number of unbranched alkanes of at least 4 members (excludes halogenated alkanes) is 1. The van der Waals surface area contributed by atoms with Crippen molar-refractivity contribution in [2.24, 2.45) is 0 Å². The van der Waals surface area contributed by atoms with Gasteiger partial charge in [-0.1, -0.05) is 107 Å². The van der Waals surface area contributed by atoms with Crippen molar-refractivity contribution in [2.75, 3.05) is 26.2 Å². The molecular weight excluding hydrogens is 591 g/mol. The maximum atomic E-state index is 13.2. The molecule has 0 unspecified atom stereocenters. The van der Waals surface area contributed by atoms with Gasteiger partial charge in [-0.15, -0.1) is 0 Å². The van der Waals surface area contributed by atoms with Gasteiger partial charge in [0.15, 0.2) is 0 Å². The normalized spacial score (nSPS) is 15.3. The van der Waals surface area contributed by atoms with E-state index in [1.807, 2.05) is 52.0 Å². The van der Waals surface area contributed by atoms with E-state index >= 15 is 0 Å². The maximum absolute atomic E-state index is 13.2. The summed E-state index contributed by atoms with van der Waals surface area (Å²) in [6.45, 7) is 24.9. The van der Waals surface area contributed by atoms with Crippen LogP contribution in [0.1, 0.15) is 93.2 Å². The van der Waals surface area contributed by atoms with Crippen LogP contribution >= 0.6 is 0 Å². The lowest BCUT2D eigenvalue weighted by molar-refractivity contribution is -0.123. The Morgan fingerprint density at radius 2 is 1.40 bits per heavy atom. The monoisotopic (exact) mass is 647 g/mol. The minimum atomic E-state index is -4.31. The summed E-state index contributed by atoms with van der Waals surface area (Å²) in [6.07, 6.45) is 0.379. The lowest BCUT2D eigenvalue weighted by Gasteiger charge is -2.36. The summed E-state index contributed by atoms with van der Waals surface area (Å²) in [7, 11) is 0. The Morgan fingerprint density at radius 3 is 1.96 bits per heavy atom. The number of nitrogens with zero attached hydrogens (tertiary/aromatic N) is 1. The van der Waals surface area contributed by atoms with Crippen LogP contribution in [0.25, 0.3) is 16.8 Å². The van der Waals surface area contributed by atoms with Crippen LogP contribution in [-0.2, 0) is 5.41 Å². The highest BCUT2D eigenvalue weighted by atomic mass is 19.4. The van der Waals surface area contributed by atoms with Crippen molar-refractivity contribution in [3.8, 4) is 11.1 Å². The highest BCUT2D eigenvalue weighted by molar-refractivity contribution is 5.83. The summed E-state index contributed by atoms with van der Waals surface area (Å²) in [5, 5.41) is 6.37. The fourth-order valence-corrected chi connectivity index (χ4v) is 7.13. The van der Waals surface area contributed by atoms with Crippen molar-refractivity contribution in [3.05, 3.63) is 113 Å². The third-order valence-corrected chi connectivity index (χ3v) is 9.46. The van der Waals surface area contributed by atoms with Crippen molar-refractivity contribution in [1.82, 2.24) is 15.5 Å². The van der Waals surface area contributed by atoms with Gasteiger partial charge < -0.3 is 15.5 Å². The molecular formula is C41H56F3N3. The number of hydrogen-bond donors (Lipinski definition) is 2. The van der Waals surface area contributed by atoms with Crippen molar-refractivity contribution in [1.29, 1.82) is 0 Å². The first-order valence-electron chi connectivity index (χ1n) is 17.4. The Kier molecular flexibility index (Phi) is 13.8. The van der Waals surface area contributed by atoms with Gasteiger partial charge in [-0.2, -0.15) is 13.2 Å². The maximum Gasteiger partial charge on any atom is 0.405 e. The molecule has 47 heavy (non-hydrogen) atoms. The van der Waals surface area contributed by atoms with E-state index in [0.29, 0.717) is 18.2 Å². The molecule has 1 aliphatic carbocycles. The van der Waals surface area contributed by atoms with Gasteiger partial charge in [-0.05, 0) is 92.4 Å². The molecule has 3 aromatic rings. The van der Waals surface area contributed by atoms with Crippen molar-refractivity contribution in [2.45, 2.75) is 98.2 Å². The van der Waals surface area contributed by atoms with E-state index in [2.05, 4.69) is 85.9 Å². The Balaban J connectivity index is 0.00000144. The summed E-state index contributed by atoms with van der Waals surface area (Å²) in [5.41, 5.74) is 10.0. The van der Waals surface area contributed by atoms with Crippen LogP contribution in [0.3, 0.4) is 0 Å². The van der Waals surface area contributed by atoms with Gasteiger partial charge in [0, 0.05) is 36.1 Å². The second kappa shape index (κ2) is 17.1. The molecule has 0 bridgehead atoms. The molecule has 2 N–H and O–H groups in total. The molecule has 1 saturated heterocycles. The largest absolute Gasteiger partial charge is 0.405 e. The van der Waals surface area contributed by atoms with Crippen LogP contribution < -0.4 is 10.6 Å². The van der Waals surface area contributed by atoms with Crippen LogP contribution in [0.15, 0.2) is 79.5 Å². The molecule has 6 heteroatoms. The molecule has 256 valence electrons. The van der Waals surface area contributed by atoms with E-state index in [1.165, 1.54) is 22.3 Å². The third-order valence-electron chi connectivity index (χ3n) is 9.46. The second-order valence-electron chi connectivity index (χ2n) is 12.4. The summed E-state index contributed by atoms with van der Waals surface area (Å²) >= 11 is 0. The number of nitrogens with one attached hydrogen (secondary N) is 2. The van der Waals surface area contributed by atoms with Gasteiger partial charge in [0.05, 0.1) is 5.41 Å². The molecule has 5 rings (SSSR count). The first-order chi connectivity index (χ1) is 22.5. The zero-order chi connectivity index (χ0) is 34.8. The number of benzene rings is 3. The van der Waals surface area contributed by atoms with Crippen LogP contribution in [0.4, 0.5) is 13.2 Å². The third kappa shape index (κ3) is 8.90. The number of halogens is 3. The number of likely N-dealkylation sites (tertiary alicyclic amines) is 1. The minimum absolute atomic E-state index is 0.404. The Morgan fingerprint density at radius 1 is 0.851 bits per heavy atom. The number of aryl methyl sites for hydroxylation is 2. The molecule has 1 fully saturated rings. The van der Waals surface area contributed by atoms with E-state index in [9.17, 15) is 13.2 Å². The first-order valence-corrected chi connectivity index (χ1v) is 17.4. The number of hydrogen-bond acceptors (Lipinski definition) is 3. The molecule has 1 aliphatic heterocycles. The number of rotatable bonds is 11. The molecule has 0 saturated carbocycles. The molecule has 0 spiro atoms. The number of fused-ring (bicyclic) bond motifs is 3. The quantitative estimate of drug-likeness (QED) is 0.203. The number of piperidine rings is 1. The van der Waals surface area contributed by atoms with Crippen molar-refractivity contribution < 1.29 is 13.2 Å². The average molecular weight is 648 g/mol. The number of alkyl halides is 3. The summed E-state index contributed by atoms with van der Waals surface area (Å²) in [6, 6.07) is 21.0. The van der Waals surface area contributed by atoms with Gasteiger partial charge in [-0.25, -0.2) is 0 Å². The van der Waals surface area contributed by atoms with E-state index in [1.54, 1.807) is 0 Å². The van der Waals surface area contributed by atoms with Gasteiger partial charge in [0.2, 0.25) is 0 Å². The molecule has 1 heterocycles. The molecule has 0 radical (unpaired) electrons. The zero-order valence-electron chi connectivity index (χ0n) is 29.7. The van der Waals surface area contributed by atoms with Crippen molar-refractivity contribution >= 4 is 5.70 Å². The van der Waals surface area contributed by atoms with Crippen LogP contribution in [-0.4, -0.2) is 43.3 Å². The van der Waals surface area contributed by atoms with E-state index < -0.39 is 18.1 Å². The fourth-order valence-electron chi connectivity index (χ4n) is 7.13. The molecule has 2 aliphatic rings. The predicted molar refractivity (Wildman–Crippen MR) is 195 cm³/mol. The Bertz CT molecular complexity index is 1440. The van der Waals surface area contributed by atoms with Gasteiger partial charge in [-0.3, -0.25) is 0 Å². The van der Waals surface area contributed by atoms with E-state index in [0.717, 1.165) is 73.3 Å². The Hall–Kier alpha value is -3.51. The van der Waals surface area contributed by atoms with Gasteiger partial charge in [0.25, 0.3) is 0 Å². The smallest absolute Gasteiger partial charge is 0.382 e. The number of allylic oxidation sites excluding steroid dienone is 1. The van der Waals surface area contributed by atoms with Crippen LogP contribution in [0, 0.1) is 20.8 Å². The molecule has 0 aromatic heterocycles. The Labute approximate surface area is 282 Å². The van der Waals surface area contributed by atoms with Gasteiger partial charge in [0.1, 0.15) is 6.54 Å². The topological polar surface area (TPSA) is 27.3 Å². The lowest BCUT2D eigenvalue weighted by Crippen LogP contribution is -2.42. The van der Waals surface area contributed by atoms with E-state index in [4.69, 9.17) is 0 Å². The average Bonchev–Trinajstić information content (AvgIpc) is 3.36. The van der Waals surface area contributed by atoms with Gasteiger partial charge >= 0.3 is 6.18 Å². The zero-order valence-corrected chi connectivity index (χ0v) is 29.7. The van der Waals surface area contributed by atoms with Crippen molar-refractivity contribution in [3.63, 3.8) is 0 Å². The first kappa shape index (κ1) is 37.9. The summed E-state index contributed by atoms with van der Waals surface area (Å²) < 4.78 is 39.7. The fraction of sp³-hybridized carbons (Fsp3) is 0.463. The highest BCUT2D eigenvalue weighted by Gasteiger charge is 2.45. The van der Waals surface area contributed by atoms with Crippen LogP contribution in [0.2, 0.25) is 0 Å². The minimum Gasteiger partial charge on any atom is -0.382 e. The standard InChI is InChI=1S/C37H44F3N3.2C2H6/c1-25-22-26(2)27(3)33(23-25)28(4)42-30-16-20-43(21-17-30)19-11-10-18-36(29(5)41-24-37(38,39)40)34-14-8-6-12-31(34)32-13-7-9-15-35(32)36;2*1-2/h6-9,12-15,22-23,30,41-42H,4-5,10-11,16-21,24H2,1-3H3;2*1-2H3. The second-order valence-corrected chi connectivity index (χ2v) is 12.4. The molecule has 0 atom stereocenters. The molecule has 3 aromatic carbocycles. The lowest BCUT2D eigenvalue weighted by atomic mass is 9.72. The molecule has 3 nitrogen and oxygen atoms in total.